The number of ether oxygens (including phenoxy) is 1. The topological polar surface area (TPSA) is 125 Å². The summed E-state index contributed by atoms with van der Waals surface area (Å²) in [6.45, 7) is 9.69. The number of carbonyl (C=O) groups is 4. The predicted octanol–water partition coefficient (Wildman–Crippen LogP) is 1.71. The van der Waals surface area contributed by atoms with Gasteiger partial charge in [-0.25, -0.2) is 9.59 Å². The molecule has 2 unspecified atom stereocenters. The summed E-state index contributed by atoms with van der Waals surface area (Å²) < 4.78 is 5.26. The number of carboxylic acid groups (broad SMARTS) is 1. The lowest BCUT2D eigenvalue weighted by Gasteiger charge is -2.35. The zero-order chi connectivity index (χ0) is 23.1. The van der Waals surface area contributed by atoms with Gasteiger partial charge in [-0.3, -0.25) is 9.59 Å². The van der Waals surface area contributed by atoms with Gasteiger partial charge in [0, 0.05) is 24.8 Å². The van der Waals surface area contributed by atoms with E-state index in [4.69, 9.17) is 4.74 Å². The van der Waals surface area contributed by atoms with E-state index in [1.807, 2.05) is 13.8 Å². The van der Waals surface area contributed by atoms with Gasteiger partial charge in [-0.15, -0.1) is 0 Å². The van der Waals surface area contributed by atoms with Gasteiger partial charge in [0.15, 0.2) is 0 Å². The number of amides is 3. The van der Waals surface area contributed by atoms with Crippen LogP contribution in [0.1, 0.15) is 47.5 Å². The van der Waals surface area contributed by atoms with Gasteiger partial charge in [-0.2, -0.15) is 11.8 Å². The molecule has 9 nitrogen and oxygen atoms in total. The fourth-order valence-electron chi connectivity index (χ4n) is 3.14. The molecule has 1 aliphatic rings. The molecule has 2 atom stereocenters. The summed E-state index contributed by atoms with van der Waals surface area (Å²) in [5.74, 6) is -1.73. The molecule has 0 radical (unpaired) electrons. The SMILES string of the molecule is CSCC(NC(=O)C1CCN(C(=O)C(NC(=O)OC(C)(C)C)C(C)C)CC1)C(=O)O. The minimum atomic E-state index is -1.06. The molecule has 1 heterocycles. The fourth-order valence-corrected chi connectivity index (χ4v) is 3.70. The Labute approximate surface area is 182 Å². The Morgan fingerprint density at radius 2 is 1.70 bits per heavy atom. The van der Waals surface area contributed by atoms with Crippen molar-refractivity contribution in [3.8, 4) is 0 Å². The van der Waals surface area contributed by atoms with Crippen LogP contribution in [0.2, 0.25) is 0 Å². The van der Waals surface area contributed by atoms with E-state index >= 15 is 0 Å². The second-order valence-electron chi connectivity index (χ2n) is 8.82. The minimum absolute atomic E-state index is 0.131. The molecular formula is C20H35N3O6S. The Morgan fingerprint density at radius 1 is 1.13 bits per heavy atom. The third-order valence-electron chi connectivity index (χ3n) is 4.73. The van der Waals surface area contributed by atoms with Crippen molar-refractivity contribution in [3.63, 3.8) is 0 Å². The molecule has 0 aromatic rings. The van der Waals surface area contributed by atoms with Gasteiger partial charge in [0.25, 0.3) is 0 Å². The maximum Gasteiger partial charge on any atom is 0.408 e. The zero-order valence-electron chi connectivity index (χ0n) is 18.7. The lowest BCUT2D eigenvalue weighted by atomic mass is 9.94. The maximum absolute atomic E-state index is 12.9. The highest BCUT2D eigenvalue weighted by Gasteiger charge is 2.34. The van der Waals surface area contributed by atoms with Crippen molar-refractivity contribution in [1.82, 2.24) is 15.5 Å². The van der Waals surface area contributed by atoms with E-state index in [9.17, 15) is 24.3 Å². The number of nitrogens with zero attached hydrogens (tertiary/aromatic N) is 1. The summed E-state index contributed by atoms with van der Waals surface area (Å²) in [5.41, 5.74) is -0.662. The van der Waals surface area contributed by atoms with E-state index in [1.54, 1.807) is 31.9 Å². The lowest BCUT2D eigenvalue weighted by Crippen LogP contribution is -2.54. The quantitative estimate of drug-likeness (QED) is 0.519. The number of piperidine rings is 1. The van der Waals surface area contributed by atoms with Crippen LogP contribution in [0.4, 0.5) is 4.79 Å². The first-order valence-electron chi connectivity index (χ1n) is 10.2. The largest absolute Gasteiger partial charge is 0.480 e. The van der Waals surface area contributed by atoms with Gasteiger partial charge in [0.05, 0.1) is 0 Å². The number of nitrogens with one attached hydrogen (secondary N) is 2. The monoisotopic (exact) mass is 445 g/mol. The van der Waals surface area contributed by atoms with Gasteiger partial charge in [-0.1, -0.05) is 13.8 Å². The number of hydrogen-bond acceptors (Lipinski definition) is 6. The van der Waals surface area contributed by atoms with Gasteiger partial charge in [0.2, 0.25) is 11.8 Å². The second kappa shape index (κ2) is 11.4. The van der Waals surface area contributed by atoms with Crippen molar-refractivity contribution in [2.75, 3.05) is 25.1 Å². The smallest absolute Gasteiger partial charge is 0.408 e. The van der Waals surface area contributed by atoms with Crippen LogP contribution >= 0.6 is 11.8 Å². The molecule has 10 heteroatoms. The first-order chi connectivity index (χ1) is 13.9. The van der Waals surface area contributed by atoms with Crippen LogP contribution in [0.25, 0.3) is 0 Å². The van der Waals surface area contributed by atoms with Crippen molar-refractivity contribution < 1.29 is 29.0 Å². The molecule has 1 rings (SSSR count). The number of hydrogen-bond donors (Lipinski definition) is 3. The summed E-state index contributed by atoms with van der Waals surface area (Å²) in [4.78, 5) is 50.4. The Hall–Kier alpha value is -1.97. The van der Waals surface area contributed by atoms with Gasteiger partial charge in [0.1, 0.15) is 17.7 Å². The third kappa shape index (κ3) is 8.41. The molecule has 1 saturated heterocycles. The number of carboxylic acids is 1. The van der Waals surface area contributed by atoms with E-state index in [-0.39, 0.29) is 23.7 Å². The number of rotatable bonds is 8. The molecule has 3 N–H and O–H groups in total. The van der Waals surface area contributed by atoms with Crippen LogP contribution in [0.3, 0.4) is 0 Å². The van der Waals surface area contributed by atoms with Crippen LogP contribution in [-0.2, 0) is 19.1 Å². The average Bonchev–Trinajstić information content (AvgIpc) is 2.63. The number of alkyl carbamates (subject to hydrolysis) is 1. The number of likely N-dealkylation sites (tertiary alicyclic amines) is 1. The molecule has 0 aromatic carbocycles. The zero-order valence-corrected chi connectivity index (χ0v) is 19.5. The number of carbonyl (C=O) groups excluding carboxylic acids is 3. The fraction of sp³-hybridized carbons (Fsp3) is 0.800. The maximum atomic E-state index is 12.9. The normalized spacial score (nSPS) is 17.2. The molecule has 0 aliphatic carbocycles. The first kappa shape index (κ1) is 26.1. The van der Waals surface area contributed by atoms with Crippen LogP contribution in [-0.4, -0.2) is 76.7 Å². The Balaban J connectivity index is 2.65. The molecule has 0 bridgehead atoms. The Kier molecular flexibility index (Phi) is 9.93. The van der Waals surface area contributed by atoms with Crippen LogP contribution in [0.5, 0.6) is 0 Å². The molecule has 0 aromatic heterocycles. The summed E-state index contributed by atoms with van der Waals surface area (Å²) >= 11 is 1.35. The summed E-state index contributed by atoms with van der Waals surface area (Å²) in [5, 5.41) is 14.4. The average molecular weight is 446 g/mol. The van der Waals surface area contributed by atoms with Crippen molar-refractivity contribution >= 4 is 35.6 Å². The van der Waals surface area contributed by atoms with Crippen LogP contribution < -0.4 is 10.6 Å². The third-order valence-corrected chi connectivity index (χ3v) is 5.40. The van der Waals surface area contributed by atoms with Crippen molar-refractivity contribution in [2.45, 2.75) is 65.1 Å². The van der Waals surface area contributed by atoms with Crippen molar-refractivity contribution in [2.24, 2.45) is 11.8 Å². The lowest BCUT2D eigenvalue weighted by molar-refractivity contribution is -0.142. The second-order valence-corrected chi connectivity index (χ2v) is 9.73. The minimum Gasteiger partial charge on any atom is -0.480 e. The molecular weight excluding hydrogens is 410 g/mol. The Bertz CT molecular complexity index is 627. The molecule has 1 fully saturated rings. The molecule has 0 saturated carbocycles. The standard InChI is InChI=1S/C20H35N3O6S/c1-12(2)15(22-19(28)29-20(3,4)5)17(25)23-9-7-13(8-10-23)16(24)21-14(11-30-6)18(26)27/h12-15H,7-11H2,1-6H3,(H,21,24)(H,22,28)(H,26,27). The van der Waals surface area contributed by atoms with Crippen LogP contribution in [0.15, 0.2) is 0 Å². The molecule has 1 aliphatic heterocycles. The highest BCUT2D eigenvalue weighted by molar-refractivity contribution is 7.98. The van der Waals surface area contributed by atoms with Gasteiger partial charge < -0.3 is 25.4 Å². The van der Waals surface area contributed by atoms with Crippen LogP contribution in [0, 0.1) is 11.8 Å². The Morgan fingerprint density at radius 3 is 2.13 bits per heavy atom. The summed E-state index contributed by atoms with van der Waals surface area (Å²) in [6, 6.07) is -1.64. The predicted molar refractivity (Wildman–Crippen MR) is 115 cm³/mol. The summed E-state index contributed by atoms with van der Waals surface area (Å²) in [6.07, 6.45) is 2.03. The highest BCUT2D eigenvalue weighted by Crippen LogP contribution is 2.20. The molecule has 3 amide bonds. The van der Waals surface area contributed by atoms with E-state index in [1.165, 1.54) is 11.8 Å². The van der Waals surface area contributed by atoms with E-state index < -0.39 is 29.7 Å². The van der Waals surface area contributed by atoms with Gasteiger partial charge >= 0.3 is 12.1 Å². The van der Waals surface area contributed by atoms with E-state index in [2.05, 4.69) is 10.6 Å². The molecule has 0 spiro atoms. The summed E-state index contributed by atoms with van der Waals surface area (Å²) in [7, 11) is 0. The highest BCUT2D eigenvalue weighted by atomic mass is 32.2. The number of aliphatic carboxylic acids is 1. The molecule has 30 heavy (non-hydrogen) atoms. The van der Waals surface area contributed by atoms with E-state index in [0.29, 0.717) is 31.7 Å². The van der Waals surface area contributed by atoms with Crippen molar-refractivity contribution in [1.29, 1.82) is 0 Å². The molecule has 172 valence electrons. The van der Waals surface area contributed by atoms with E-state index in [0.717, 1.165) is 0 Å². The number of thioether (sulfide) groups is 1. The van der Waals surface area contributed by atoms with Gasteiger partial charge in [-0.05, 0) is 45.8 Å². The van der Waals surface area contributed by atoms with Crippen molar-refractivity contribution in [3.05, 3.63) is 0 Å². The first-order valence-corrected chi connectivity index (χ1v) is 11.6.